The molecule has 6 heteroatoms. The van der Waals surface area contributed by atoms with E-state index in [1.54, 1.807) is 16.8 Å². The van der Waals surface area contributed by atoms with Crippen LogP contribution in [0.4, 0.5) is 0 Å². The van der Waals surface area contributed by atoms with Crippen molar-refractivity contribution < 1.29 is 14.7 Å². The number of carboxylic acids is 1. The number of aryl methyl sites for hydroxylation is 1. The van der Waals surface area contributed by atoms with Crippen molar-refractivity contribution in [2.45, 2.75) is 53.9 Å². The maximum Gasteiger partial charge on any atom is 0.303 e. The Morgan fingerprint density at radius 1 is 1.15 bits per heavy atom. The second-order valence-corrected chi connectivity index (χ2v) is 8.07. The number of nitrogens with one attached hydrogen (secondary N) is 1. The van der Waals surface area contributed by atoms with Gasteiger partial charge in [-0.25, -0.2) is 4.68 Å². The maximum absolute atomic E-state index is 12.3. The Morgan fingerprint density at radius 3 is 2.33 bits per heavy atom. The van der Waals surface area contributed by atoms with Crippen LogP contribution in [-0.4, -0.2) is 33.3 Å². The van der Waals surface area contributed by atoms with Gasteiger partial charge in [-0.3, -0.25) is 9.59 Å². The predicted octanol–water partition coefficient (Wildman–Crippen LogP) is 3.67. The first-order chi connectivity index (χ1) is 12.6. The third kappa shape index (κ3) is 5.67. The van der Waals surface area contributed by atoms with Gasteiger partial charge in [0.25, 0.3) is 5.91 Å². The van der Waals surface area contributed by atoms with Crippen LogP contribution in [0.15, 0.2) is 24.3 Å². The van der Waals surface area contributed by atoms with Gasteiger partial charge in [0, 0.05) is 24.2 Å². The first-order valence-corrected chi connectivity index (χ1v) is 9.24. The zero-order valence-electron chi connectivity index (χ0n) is 16.8. The number of rotatable bonds is 7. The molecule has 1 aromatic heterocycles. The lowest BCUT2D eigenvalue weighted by Gasteiger charge is -2.18. The number of hydrogen-bond donors (Lipinski definition) is 2. The number of hydrogen-bond acceptors (Lipinski definition) is 3. The molecule has 2 rings (SSSR count). The number of nitrogens with zero attached hydrogens (tertiary/aromatic N) is 2. The zero-order valence-corrected chi connectivity index (χ0v) is 16.8. The lowest BCUT2D eigenvalue weighted by Crippen LogP contribution is -2.27. The molecule has 1 aromatic carbocycles. The highest BCUT2D eigenvalue weighted by molar-refractivity contribution is 5.94. The third-order valence-electron chi connectivity index (χ3n) is 4.56. The van der Waals surface area contributed by atoms with Crippen molar-refractivity contribution in [1.29, 1.82) is 0 Å². The molecule has 0 unspecified atom stereocenters. The van der Waals surface area contributed by atoms with Crippen LogP contribution in [0, 0.1) is 19.3 Å². The molecule has 0 aliphatic heterocycles. The summed E-state index contributed by atoms with van der Waals surface area (Å²) in [6, 6.07) is 7.29. The molecule has 146 valence electrons. The molecule has 2 N–H and O–H groups in total. The molecule has 0 spiro atoms. The minimum absolute atomic E-state index is 0.0821. The van der Waals surface area contributed by atoms with E-state index in [1.807, 2.05) is 26.0 Å². The van der Waals surface area contributed by atoms with E-state index >= 15 is 0 Å². The number of carbonyl (C=O) groups excluding carboxylic acids is 1. The highest BCUT2D eigenvalue weighted by atomic mass is 16.4. The summed E-state index contributed by atoms with van der Waals surface area (Å²) in [5, 5.41) is 16.4. The Hall–Kier alpha value is -2.63. The lowest BCUT2D eigenvalue weighted by atomic mass is 9.92. The van der Waals surface area contributed by atoms with Crippen molar-refractivity contribution in [2.24, 2.45) is 5.41 Å². The molecule has 0 atom stereocenters. The highest BCUT2D eigenvalue weighted by Gasteiger charge is 2.15. The number of aromatic nitrogens is 2. The van der Waals surface area contributed by atoms with E-state index < -0.39 is 5.97 Å². The SMILES string of the molecule is Cc1nn(-c2ccc(C(=O)NCCC(C)(C)C)cc2)c(C)c1CCC(=O)O. The molecule has 1 amide bonds. The summed E-state index contributed by atoms with van der Waals surface area (Å²) in [4.78, 5) is 23.1. The maximum atomic E-state index is 12.3. The van der Waals surface area contributed by atoms with Gasteiger partial charge in [-0.05, 0) is 61.9 Å². The van der Waals surface area contributed by atoms with Crippen LogP contribution in [0.1, 0.15) is 60.9 Å². The summed E-state index contributed by atoms with van der Waals surface area (Å²) in [6.07, 6.45) is 1.46. The van der Waals surface area contributed by atoms with Crippen LogP contribution in [0.3, 0.4) is 0 Å². The average Bonchev–Trinajstić information content (AvgIpc) is 2.86. The summed E-state index contributed by atoms with van der Waals surface area (Å²) < 4.78 is 1.80. The molecule has 0 fully saturated rings. The summed E-state index contributed by atoms with van der Waals surface area (Å²) in [5.41, 5.74) is 4.37. The third-order valence-corrected chi connectivity index (χ3v) is 4.56. The number of benzene rings is 1. The molecule has 0 saturated carbocycles. The van der Waals surface area contributed by atoms with Crippen molar-refractivity contribution in [3.8, 4) is 5.69 Å². The van der Waals surface area contributed by atoms with Gasteiger partial charge in [-0.2, -0.15) is 5.10 Å². The standard InChI is InChI=1S/C21H29N3O3/c1-14-18(10-11-19(25)26)15(2)24(23-14)17-8-6-16(7-9-17)20(27)22-13-12-21(3,4)5/h6-9H,10-13H2,1-5H3,(H,22,27)(H,25,26). The van der Waals surface area contributed by atoms with Gasteiger partial charge in [0.2, 0.25) is 0 Å². The smallest absolute Gasteiger partial charge is 0.303 e. The second-order valence-electron chi connectivity index (χ2n) is 8.07. The summed E-state index contributed by atoms with van der Waals surface area (Å²) in [5.74, 6) is -0.898. The fourth-order valence-corrected chi connectivity index (χ4v) is 2.93. The summed E-state index contributed by atoms with van der Waals surface area (Å²) >= 11 is 0. The van der Waals surface area contributed by atoms with Gasteiger partial charge in [-0.15, -0.1) is 0 Å². The Morgan fingerprint density at radius 2 is 1.78 bits per heavy atom. The van der Waals surface area contributed by atoms with Crippen molar-refractivity contribution in [2.75, 3.05) is 6.54 Å². The van der Waals surface area contributed by atoms with Crippen LogP contribution in [-0.2, 0) is 11.2 Å². The molecular weight excluding hydrogens is 342 g/mol. The fourth-order valence-electron chi connectivity index (χ4n) is 2.93. The van der Waals surface area contributed by atoms with Gasteiger partial charge in [0.05, 0.1) is 11.4 Å². The van der Waals surface area contributed by atoms with Gasteiger partial charge in [0.15, 0.2) is 0 Å². The van der Waals surface area contributed by atoms with E-state index in [-0.39, 0.29) is 17.7 Å². The highest BCUT2D eigenvalue weighted by Crippen LogP contribution is 2.20. The van der Waals surface area contributed by atoms with E-state index in [0.29, 0.717) is 18.5 Å². The topological polar surface area (TPSA) is 84.2 Å². The Kier molecular flexibility index (Phi) is 6.41. The van der Waals surface area contributed by atoms with E-state index in [4.69, 9.17) is 5.11 Å². The average molecular weight is 371 g/mol. The number of amides is 1. The molecule has 0 aliphatic carbocycles. The van der Waals surface area contributed by atoms with E-state index in [1.165, 1.54) is 0 Å². The van der Waals surface area contributed by atoms with E-state index in [9.17, 15) is 9.59 Å². The van der Waals surface area contributed by atoms with Crippen LogP contribution >= 0.6 is 0 Å². The quantitative estimate of drug-likeness (QED) is 0.778. The van der Waals surface area contributed by atoms with E-state index in [0.717, 1.165) is 29.1 Å². The van der Waals surface area contributed by atoms with E-state index in [2.05, 4.69) is 31.2 Å². The Balaban J connectivity index is 2.10. The molecule has 0 radical (unpaired) electrons. The van der Waals surface area contributed by atoms with Gasteiger partial charge >= 0.3 is 5.97 Å². The molecular formula is C21H29N3O3. The predicted molar refractivity (Wildman–Crippen MR) is 105 cm³/mol. The Labute approximate surface area is 160 Å². The Bertz CT molecular complexity index is 814. The molecule has 2 aromatic rings. The monoisotopic (exact) mass is 371 g/mol. The second kappa shape index (κ2) is 8.37. The van der Waals surface area contributed by atoms with Gasteiger partial charge < -0.3 is 10.4 Å². The van der Waals surface area contributed by atoms with Crippen LogP contribution in [0.25, 0.3) is 5.69 Å². The van der Waals surface area contributed by atoms with Crippen molar-refractivity contribution in [1.82, 2.24) is 15.1 Å². The van der Waals surface area contributed by atoms with Gasteiger partial charge in [0.1, 0.15) is 0 Å². The molecule has 0 aliphatic rings. The van der Waals surface area contributed by atoms with Crippen molar-refractivity contribution in [3.05, 3.63) is 46.8 Å². The molecule has 0 bridgehead atoms. The first kappa shape index (κ1) is 20.7. The normalized spacial score (nSPS) is 11.4. The number of carboxylic acid groups (broad SMARTS) is 1. The number of carbonyl (C=O) groups is 2. The molecule has 0 saturated heterocycles. The lowest BCUT2D eigenvalue weighted by molar-refractivity contribution is -0.136. The zero-order chi connectivity index (χ0) is 20.2. The molecule has 6 nitrogen and oxygen atoms in total. The minimum atomic E-state index is -0.816. The minimum Gasteiger partial charge on any atom is -0.481 e. The van der Waals surface area contributed by atoms with Crippen LogP contribution in [0.5, 0.6) is 0 Å². The number of aliphatic carboxylic acids is 1. The molecule has 1 heterocycles. The van der Waals surface area contributed by atoms with Crippen LogP contribution < -0.4 is 5.32 Å². The van der Waals surface area contributed by atoms with Gasteiger partial charge in [-0.1, -0.05) is 20.8 Å². The van der Waals surface area contributed by atoms with Crippen molar-refractivity contribution >= 4 is 11.9 Å². The summed E-state index contributed by atoms with van der Waals surface area (Å²) in [6.45, 7) is 10.9. The first-order valence-electron chi connectivity index (χ1n) is 9.24. The van der Waals surface area contributed by atoms with Crippen LogP contribution in [0.2, 0.25) is 0 Å². The fraction of sp³-hybridized carbons (Fsp3) is 0.476. The van der Waals surface area contributed by atoms with Crippen molar-refractivity contribution in [3.63, 3.8) is 0 Å². The molecule has 27 heavy (non-hydrogen) atoms. The summed E-state index contributed by atoms with van der Waals surface area (Å²) in [7, 11) is 0. The largest absolute Gasteiger partial charge is 0.481 e.